The third-order valence-electron chi connectivity index (χ3n) is 0.560. The molecule has 0 heterocycles. The van der Waals surface area contributed by atoms with Gasteiger partial charge in [-0.2, -0.15) is 0 Å². The van der Waals surface area contributed by atoms with Crippen LogP contribution in [0.25, 0.3) is 0 Å². The molecule has 0 saturated heterocycles. The van der Waals surface area contributed by atoms with Gasteiger partial charge in [0.05, 0.1) is 0 Å². The summed E-state index contributed by atoms with van der Waals surface area (Å²) < 4.78 is 0. The topological polar surface area (TPSA) is 12.4 Å². The van der Waals surface area contributed by atoms with Crippen molar-refractivity contribution in [1.29, 1.82) is 0 Å². The monoisotopic (exact) mass is 225 g/mol. The van der Waals surface area contributed by atoms with E-state index in [0.29, 0.717) is 0 Å². The fourth-order valence-corrected chi connectivity index (χ4v) is 0.180. The second-order valence-electron chi connectivity index (χ2n) is 1.39. The van der Waals surface area contributed by atoms with Gasteiger partial charge in [-0.05, 0) is 6.42 Å². The van der Waals surface area contributed by atoms with E-state index in [9.17, 15) is 0 Å². The van der Waals surface area contributed by atoms with Crippen LogP contribution in [-0.2, 0) is 0 Å². The van der Waals surface area contributed by atoms with E-state index in [0.717, 1.165) is 6.42 Å². The first-order chi connectivity index (χ1) is 7.83. The summed E-state index contributed by atoms with van der Waals surface area (Å²) >= 11 is 0. The Balaban J connectivity index is -0.0000000354. The molecule has 0 bridgehead atoms. The fourth-order valence-electron chi connectivity index (χ4n) is 0.180. The van der Waals surface area contributed by atoms with Gasteiger partial charge in [0.15, 0.2) is 0 Å². The minimum absolute atomic E-state index is 0.992. The van der Waals surface area contributed by atoms with Gasteiger partial charge in [-0.3, -0.25) is 4.99 Å². The first-order valence-electron chi connectivity index (χ1n) is 5.69. The van der Waals surface area contributed by atoms with Gasteiger partial charge >= 0.3 is 0 Å². The molecule has 0 aliphatic rings. The highest BCUT2D eigenvalue weighted by atomic mass is 14.6. The lowest BCUT2D eigenvalue weighted by atomic mass is 10.5. The van der Waals surface area contributed by atoms with E-state index in [-0.39, 0.29) is 0 Å². The highest BCUT2D eigenvalue weighted by molar-refractivity contribution is 5.57. The predicted octanol–water partition coefficient (Wildman–Crippen LogP) is 5.82. The summed E-state index contributed by atoms with van der Waals surface area (Å²) in [6, 6.07) is 0. The Morgan fingerprint density at radius 2 is 1.19 bits per heavy atom. The Labute approximate surface area is 104 Å². The molecule has 0 atom stereocenters. The molecule has 16 heavy (non-hydrogen) atoms. The molecule has 0 N–H and O–H groups in total. The molecule has 0 radical (unpaired) electrons. The molecular weight excluding hydrogens is 194 g/mol. The zero-order valence-corrected chi connectivity index (χ0v) is 12.0. The Morgan fingerprint density at radius 3 is 1.25 bits per heavy atom. The second kappa shape index (κ2) is 101. The standard InChI is InChI=1S/C5H9N.C4H6.2C2H6.C2H4/c1-3-5-6-4-2;1-3-4-2;3*1-2/h4-5H,2-3H2,1H3;3-4H,1-2H2;2*1-2H3;1-2H2. The predicted molar refractivity (Wildman–Crippen MR) is 83.3 cm³/mol. The maximum Gasteiger partial charge on any atom is 0.0191 e. The molecular formula is C15H31N. The summed E-state index contributed by atoms with van der Waals surface area (Å²) in [4.78, 5) is 3.73. The van der Waals surface area contributed by atoms with Crippen LogP contribution in [0.5, 0.6) is 0 Å². The van der Waals surface area contributed by atoms with Crippen LogP contribution in [0.2, 0.25) is 0 Å². The van der Waals surface area contributed by atoms with Gasteiger partial charge in [-0.25, -0.2) is 0 Å². The quantitative estimate of drug-likeness (QED) is 0.326. The third-order valence-corrected chi connectivity index (χ3v) is 0.560. The number of allylic oxidation sites excluding steroid dienone is 2. The van der Waals surface area contributed by atoms with E-state index in [1.165, 1.54) is 6.20 Å². The number of rotatable bonds is 3. The lowest BCUT2D eigenvalue weighted by molar-refractivity contribution is 1.31. The molecule has 0 saturated carbocycles. The van der Waals surface area contributed by atoms with E-state index < -0.39 is 0 Å². The molecule has 0 aromatic heterocycles. The summed E-state index contributed by atoms with van der Waals surface area (Å²) in [6.45, 7) is 26.2. The Hall–Kier alpha value is -1.37. The summed E-state index contributed by atoms with van der Waals surface area (Å²) in [5, 5.41) is 0. The van der Waals surface area contributed by atoms with E-state index >= 15 is 0 Å². The lowest BCUT2D eigenvalue weighted by Gasteiger charge is -1.68. The average molecular weight is 225 g/mol. The SMILES string of the molecule is C=C.C=CC=C.C=CN=CCC.CC.CC. The van der Waals surface area contributed by atoms with Gasteiger partial charge in [-0.15, -0.1) is 13.2 Å². The maximum absolute atomic E-state index is 3.73. The Bertz CT molecular complexity index is 117. The van der Waals surface area contributed by atoms with Gasteiger partial charge in [0, 0.05) is 12.4 Å². The summed E-state index contributed by atoms with van der Waals surface area (Å²) in [5.74, 6) is 0. The van der Waals surface area contributed by atoms with Gasteiger partial charge in [0.1, 0.15) is 0 Å². The first-order valence-corrected chi connectivity index (χ1v) is 5.69. The van der Waals surface area contributed by atoms with Gasteiger partial charge in [0.2, 0.25) is 0 Å². The van der Waals surface area contributed by atoms with Crippen molar-refractivity contribution in [3.63, 3.8) is 0 Å². The molecule has 1 nitrogen and oxygen atoms in total. The van der Waals surface area contributed by atoms with Crippen LogP contribution in [0, 0.1) is 0 Å². The summed E-state index contributed by atoms with van der Waals surface area (Å²) in [6.07, 6.45) is 7.61. The maximum atomic E-state index is 3.73. The second-order valence-corrected chi connectivity index (χ2v) is 1.39. The largest absolute Gasteiger partial charge is 0.270 e. The number of hydrogen-bond acceptors (Lipinski definition) is 1. The molecule has 0 aliphatic carbocycles. The van der Waals surface area contributed by atoms with Crippen molar-refractivity contribution < 1.29 is 0 Å². The first kappa shape index (κ1) is 29.3. The van der Waals surface area contributed by atoms with Gasteiger partial charge < -0.3 is 0 Å². The van der Waals surface area contributed by atoms with Crippen LogP contribution < -0.4 is 0 Å². The van der Waals surface area contributed by atoms with Crippen molar-refractivity contribution in [1.82, 2.24) is 0 Å². The normalized spacial score (nSPS) is 5.81. The highest BCUT2D eigenvalue weighted by Crippen LogP contribution is 1.67. The van der Waals surface area contributed by atoms with Crippen LogP contribution >= 0.6 is 0 Å². The zero-order valence-electron chi connectivity index (χ0n) is 12.0. The molecule has 0 fully saturated rings. The Morgan fingerprint density at radius 1 is 0.875 bits per heavy atom. The molecule has 0 rings (SSSR count). The number of aliphatic imine (C=N–C) groups is 1. The molecule has 1 heteroatoms. The zero-order chi connectivity index (χ0) is 14.2. The number of nitrogens with zero attached hydrogens (tertiary/aromatic N) is 1. The molecule has 0 aromatic rings. The van der Waals surface area contributed by atoms with E-state index in [2.05, 4.69) is 37.9 Å². The molecule has 96 valence electrons. The molecule has 0 aliphatic heterocycles. The van der Waals surface area contributed by atoms with E-state index in [1.54, 1.807) is 12.2 Å². The van der Waals surface area contributed by atoms with Crippen molar-refractivity contribution in [2.75, 3.05) is 0 Å². The minimum atomic E-state index is 0.992. The van der Waals surface area contributed by atoms with E-state index in [4.69, 9.17) is 0 Å². The number of hydrogen-bond donors (Lipinski definition) is 0. The van der Waals surface area contributed by atoms with Gasteiger partial charge in [0.25, 0.3) is 0 Å². The van der Waals surface area contributed by atoms with E-state index in [1.807, 2.05) is 40.8 Å². The smallest absolute Gasteiger partial charge is 0.0191 e. The Kier molecular flexibility index (Phi) is 186. The van der Waals surface area contributed by atoms with Crippen molar-refractivity contribution >= 4 is 6.21 Å². The van der Waals surface area contributed by atoms with Crippen molar-refractivity contribution in [2.24, 2.45) is 4.99 Å². The molecule has 0 spiro atoms. The van der Waals surface area contributed by atoms with Crippen LogP contribution in [0.4, 0.5) is 0 Å². The van der Waals surface area contributed by atoms with Crippen molar-refractivity contribution in [3.8, 4) is 0 Å². The lowest BCUT2D eigenvalue weighted by Crippen LogP contribution is -1.59. The molecule has 0 aromatic carbocycles. The summed E-state index contributed by atoms with van der Waals surface area (Å²) in [7, 11) is 0. The minimum Gasteiger partial charge on any atom is -0.270 e. The molecule has 0 unspecified atom stereocenters. The van der Waals surface area contributed by atoms with Crippen LogP contribution in [0.15, 0.2) is 56.2 Å². The molecule has 0 amide bonds. The van der Waals surface area contributed by atoms with Crippen LogP contribution in [0.1, 0.15) is 41.0 Å². The van der Waals surface area contributed by atoms with Crippen LogP contribution in [0.3, 0.4) is 0 Å². The van der Waals surface area contributed by atoms with Gasteiger partial charge in [-0.1, -0.05) is 66.5 Å². The summed E-state index contributed by atoms with van der Waals surface area (Å²) in [5.41, 5.74) is 0. The van der Waals surface area contributed by atoms with Crippen molar-refractivity contribution in [3.05, 3.63) is 51.2 Å². The van der Waals surface area contributed by atoms with Crippen molar-refractivity contribution in [2.45, 2.75) is 41.0 Å². The van der Waals surface area contributed by atoms with Crippen LogP contribution in [-0.4, -0.2) is 6.21 Å². The highest BCUT2D eigenvalue weighted by Gasteiger charge is 1.55. The average Bonchev–Trinajstić information content (AvgIpc) is 2.43. The third kappa shape index (κ3) is 247. The fraction of sp³-hybridized carbons (Fsp3) is 0.400.